The van der Waals surface area contributed by atoms with E-state index in [0.717, 1.165) is 41.6 Å². The van der Waals surface area contributed by atoms with Crippen molar-refractivity contribution in [2.75, 3.05) is 6.61 Å². The van der Waals surface area contributed by atoms with E-state index in [1.807, 2.05) is 24.3 Å². The van der Waals surface area contributed by atoms with Crippen molar-refractivity contribution >= 4 is 35.1 Å². The summed E-state index contributed by atoms with van der Waals surface area (Å²) in [6.07, 6.45) is 5.45. The van der Waals surface area contributed by atoms with Crippen LogP contribution >= 0.6 is 23.2 Å². The topological polar surface area (TPSA) is 26.3 Å². The standard InChI is InChI=1S/C16H14Cl2O2/c17-13-2-1-3-14(18)15(13)11-7-9-20-16(10-4-5-10)12(11)6-8-19/h1-3,7-8,10H,4-6,9H2. The van der Waals surface area contributed by atoms with Gasteiger partial charge in [-0.1, -0.05) is 29.3 Å². The Kier molecular flexibility index (Phi) is 3.86. The third kappa shape index (κ3) is 2.50. The third-order valence-corrected chi connectivity index (χ3v) is 4.25. The quantitative estimate of drug-likeness (QED) is 0.756. The highest BCUT2D eigenvalue weighted by Gasteiger charge is 2.33. The molecule has 104 valence electrons. The zero-order valence-corrected chi connectivity index (χ0v) is 12.4. The number of aldehydes is 1. The molecule has 0 radical (unpaired) electrons. The molecule has 0 aromatic heterocycles. The van der Waals surface area contributed by atoms with E-state index < -0.39 is 0 Å². The Bertz CT molecular complexity index is 593. The minimum absolute atomic E-state index is 0.333. The van der Waals surface area contributed by atoms with Crippen LogP contribution in [0.2, 0.25) is 10.0 Å². The van der Waals surface area contributed by atoms with Gasteiger partial charge in [0.25, 0.3) is 0 Å². The molecule has 1 aliphatic heterocycles. The second-order valence-corrected chi connectivity index (χ2v) is 5.83. The molecule has 2 nitrogen and oxygen atoms in total. The van der Waals surface area contributed by atoms with E-state index in [4.69, 9.17) is 27.9 Å². The smallest absolute Gasteiger partial charge is 0.124 e. The molecule has 0 unspecified atom stereocenters. The van der Waals surface area contributed by atoms with Crippen LogP contribution in [0.15, 0.2) is 35.6 Å². The van der Waals surface area contributed by atoms with Crippen LogP contribution in [0.25, 0.3) is 5.57 Å². The lowest BCUT2D eigenvalue weighted by Crippen LogP contribution is -2.09. The molecule has 1 aromatic carbocycles. The Morgan fingerprint density at radius 2 is 1.95 bits per heavy atom. The molecule has 0 atom stereocenters. The van der Waals surface area contributed by atoms with Crippen LogP contribution in [-0.4, -0.2) is 12.9 Å². The second-order valence-electron chi connectivity index (χ2n) is 5.01. The fourth-order valence-corrected chi connectivity index (χ4v) is 3.17. The minimum atomic E-state index is 0.333. The molecule has 20 heavy (non-hydrogen) atoms. The summed E-state index contributed by atoms with van der Waals surface area (Å²) in [5.41, 5.74) is 2.68. The molecule has 1 fully saturated rings. The summed E-state index contributed by atoms with van der Waals surface area (Å²) in [7, 11) is 0. The van der Waals surface area contributed by atoms with Crippen molar-refractivity contribution in [1.29, 1.82) is 0 Å². The van der Waals surface area contributed by atoms with Gasteiger partial charge in [-0.3, -0.25) is 0 Å². The van der Waals surface area contributed by atoms with Crippen molar-refractivity contribution < 1.29 is 9.53 Å². The Balaban J connectivity index is 2.11. The van der Waals surface area contributed by atoms with Crippen LogP contribution in [0.1, 0.15) is 24.8 Å². The van der Waals surface area contributed by atoms with Crippen LogP contribution in [0.3, 0.4) is 0 Å². The molecule has 0 N–H and O–H groups in total. The molecule has 0 amide bonds. The van der Waals surface area contributed by atoms with Crippen LogP contribution < -0.4 is 0 Å². The highest BCUT2D eigenvalue weighted by Crippen LogP contribution is 2.46. The van der Waals surface area contributed by atoms with Crippen molar-refractivity contribution in [2.45, 2.75) is 19.3 Å². The van der Waals surface area contributed by atoms with Crippen LogP contribution in [-0.2, 0) is 9.53 Å². The summed E-state index contributed by atoms with van der Waals surface area (Å²) in [5, 5.41) is 1.20. The Morgan fingerprint density at radius 1 is 1.25 bits per heavy atom. The molecule has 0 spiro atoms. The lowest BCUT2D eigenvalue weighted by Gasteiger charge is -2.23. The maximum absolute atomic E-state index is 11.0. The highest BCUT2D eigenvalue weighted by molar-refractivity contribution is 6.38. The summed E-state index contributed by atoms with van der Waals surface area (Å²) in [4.78, 5) is 11.0. The van der Waals surface area contributed by atoms with E-state index in [0.29, 0.717) is 29.0 Å². The Morgan fingerprint density at radius 3 is 2.55 bits per heavy atom. The van der Waals surface area contributed by atoms with Gasteiger partial charge in [0.1, 0.15) is 18.7 Å². The lowest BCUT2D eigenvalue weighted by molar-refractivity contribution is -0.107. The van der Waals surface area contributed by atoms with Crippen molar-refractivity contribution in [3.05, 3.63) is 51.2 Å². The largest absolute Gasteiger partial charge is 0.493 e. The summed E-state index contributed by atoms with van der Waals surface area (Å²) in [6, 6.07) is 5.45. The van der Waals surface area contributed by atoms with Crippen molar-refractivity contribution in [1.82, 2.24) is 0 Å². The fourth-order valence-electron chi connectivity index (χ4n) is 2.57. The third-order valence-electron chi connectivity index (χ3n) is 3.62. The van der Waals surface area contributed by atoms with E-state index in [9.17, 15) is 4.79 Å². The van der Waals surface area contributed by atoms with Gasteiger partial charge in [-0.25, -0.2) is 0 Å². The average Bonchev–Trinajstić information content (AvgIpc) is 3.25. The van der Waals surface area contributed by atoms with Gasteiger partial charge >= 0.3 is 0 Å². The van der Waals surface area contributed by atoms with E-state index in [2.05, 4.69) is 0 Å². The molecular formula is C16H14Cl2O2. The molecule has 1 aromatic rings. The molecule has 1 heterocycles. The number of allylic oxidation sites excluding steroid dienone is 3. The number of halogens is 2. The number of carbonyl (C=O) groups is 1. The normalized spacial score (nSPS) is 18.6. The molecule has 1 saturated carbocycles. The van der Waals surface area contributed by atoms with Crippen LogP contribution in [0.5, 0.6) is 0 Å². The number of hydrogen-bond acceptors (Lipinski definition) is 2. The highest BCUT2D eigenvalue weighted by atomic mass is 35.5. The van der Waals surface area contributed by atoms with E-state index in [1.54, 1.807) is 0 Å². The van der Waals surface area contributed by atoms with Crippen molar-refractivity contribution in [3.8, 4) is 0 Å². The van der Waals surface area contributed by atoms with E-state index in [1.165, 1.54) is 0 Å². The lowest BCUT2D eigenvalue weighted by atomic mass is 9.92. The van der Waals surface area contributed by atoms with Crippen LogP contribution in [0, 0.1) is 5.92 Å². The first kappa shape index (κ1) is 13.7. The SMILES string of the molecule is O=CCC1=C(C2CC2)OCC=C1c1c(Cl)cccc1Cl. The summed E-state index contributed by atoms with van der Waals surface area (Å²) < 4.78 is 5.76. The molecular weight excluding hydrogens is 295 g/mol. The zero-order chi connectivity index (χ0) is 14.1. The monoisotopic (exact) mass is 308 g/mol. The molecule has 2 aliphatic rings. The maximum atomic E-state index is 11.0. The van der Waals surface area contributed by atoms with Gasteiger partial charge in [-0.05, 0) is 36.6 Å². The van der Waals surface area contributed by atoms with E-state index in [-0.39, 0.29) is 0 Å². The van der Waals surface area contributed by atoms with E-state index >= 15 is 0 Å². The van der Waals surface area contributed by atoms with Gasteiger partial charge in [0, 0.05) is 33.5 Å². The average molecular weight is 309 g/mol. The number of rotatable bonds is 4. The predicted octanol–water partition coefficient (Wildman–Crippen LogP) is 4.66. The first-order chi connectivity index (χ1) is 9.72. The molecule has 3 rings (SSSR count). The van der Waals surface area contributed by atoms with Gasteiger partial charge in [-0.15, -0.1) is 0 Å². The minimum Gasteiger partial charge on any atom is -0.493 e. The molecule has 0 bridgehead atoms. The number of benzene rings is 1. The molecule has 1 aliphatic carbocycles. The van der Waals surface area contributed by atoms with Gasteiger partial charge in [0.15, 0.2) is 0 Å². The van der Waals surface area contributed by atoms with Crippen molar-refractivity contribution in [3.63, 3.8) is 0 Å². The van der Waals surface area contributed by atoms with Crippen LogP contribution in [0.4, 0.5) is 0 Å². The first-order valence-corrected chi connectivity index (χ1v) is 7.42. The van der Waals surface area contributed by atoms with Gasteiger partial charge in [0.05, 0.1) is 0 Å². The van der Waals surface area contributed by atoms with Gasteiger partial charge < -0.3 is 9.53 Å². The number of hydrogen-bond donors (Lipinski definition) is 0. The molecule has 4 heteroatoms. The first-order valence-electron chi connectivity index (χ1n) is 6.66. The Hall–Kier alpha value is -1.25. The van der Waals surface area contributed by atoms with Crippen molar-refractivity contribution in [2.24, 2.45) is 5.92 Å². The van der Waals surface area contributed by atoms with Gasteiger partial charge in [0.2, 0.25) is 0 Å². The Labute approximate surface area is 128 Å². The summed E-state index contributed by atoms with van der Waals surface area (Å²) in [6.45, 7) is 0.505. The predicted molar refractivity (Wildman–Crippen MR) is 80.8 cm³/mol. The fraction of sp³-hybridized carbons (Fsp3) is 0.312. The number of carbonyl (C=O) groups excluding carboxylic acids is 1. The number of ether oxygens (including phenoxy) is 1. The molecule has 0 saturated heterocycles. The zero-order valence-electron chi connectivity index (χ0n) is 10.9. The maximum Gasteiger partial charge on any atom is 0.124 e. The summed E-state index contributed by atoms with van der Waals surface area (Å²) >= 11 is 12.6. The summed E-state index contributed by atoms with van der Waals surface area (Å²) in [5.74, 6) is 1.40. The van der Waals surface area contributed by atoms with Gasteiger partial charge in [-0.2, -0.15) is 0 Å². The second kappa shape index (κ2) is 5.63.